The second kappa shape index (κ2) is 5.47. The molecule has 3 heteroatoms. The molecule has 0 radical (unpaired) electrons. The third-order valence-corrected chi connectivity index (χ3v) is 2.43. The van der Waals surface area contributed by atoms with Crippen LogP contribution in [0.2, 0.25) is 0 Å². The quantitative estimate of drug-likeness (QED) is 0.833. The summed E-state index contributed by atoms with van der Waals surface area (Å²) >= 11 is 0. The minimum absolute atomic E-state index is 0.689. The molecule has 0 fully saturated rings. The molecule has 0 bridgehead atoms. The average molecular weight is 216 g/mol. The van der Waals surface area contributed by atoms with Gasteiger partial charge < -0.3 is 10.2 Å². The summed E-state index contributed by atoms with van der Waals surface area (Å²) in [5.74, 6) is 1.70. The van der Waals surface area contributed by atoms with E-state index in [1.54, 1.807) is 6.20 Å². The first kappa shape index (κ1) is 10.9. The number of nitrogens with zero attached hydrogens (tertiary/aromatic N) is 1. The summed E-state index contributed by atoms with van der Waals surface area (Å²) in [6, 6.07) is 10.2. The Balaban J connectivity index is 1.97. The van der Waals surface area contributed by atoms with Gasteiger partial charge in [-0.25, -0.2) is 4.98 Å². The van der Waals surface area contributed by atoms with E-state index in [2.05, 4.69) is 17.1 Å². The highest BCUT2D eigenvalue weighted by Crippen LogP contribution is 2.11. The standard InChI is InChI=1S/C13H16N2O/c14-8-4-7-12-10-15-13(16-12)9-11-5-2-1-3-6-11/h1-3,5-6,10H,4,7-9,14H2. The van der Waals surface area contributed by atoms with Crippen LogP contribution in [0.25, 0.3) is 0 Å². The topological polar surface area (TPSA) is 52.0 Å². The lowest BCUT2D eigenvalue weighted by Crippen LogP contribution is -1.99. The number of hydrogen-bond donors (Lipinski definition) is 1. The number of aromatic nitrogens is 1. The van der Waals surface area contributed by atoms with Crippen LogP contribution in [-0.4, -0.2) is 11.5 Å². The van der Waals surface area contributed by atoms with Gasteiger partial charge in [0.1, 0.15) is 5.76 Å². The molecular weight excluding hydrogens is 200 g/mol. The van der Waals surface area contributed by atoms with Crippen molar-refractivity contribution >= 4 is 0 Å². The van der Waals surface area contributed by atoms with Gasteiger partial charge in [-0.3, -0.25) is 0 Å². The lowest BCUT2D eigenvalue weighted by atomic mass is 10.2. The van der Waals surface area contributed by atoms with Crippen molar-refractivity contribution in [2.75, 3.05) is 6.54 Å². The van der Waals surface area contributed by atoms with Gasteiger partial charge in [0.25, 0.3) is 0 Å². The molecule has 1 heterocycles. The van der Waals surface area contributed by atoms with E-state index in [1.165, 1.54) is 5.56 Å². The lowest BCUT2D eigenvalue weighted by molar-refractivity contribution is 0.459. The minimum atomic E-state index is 0.689. The molecule has 1 aromatic heterocycles. The monoisotopic (exact) mass is 216 g/mol. The van der Waals surface area contributed by atoms with Gasteiger partial charge in [-0.1, -0.05) is 30.3 Å². The molecule has 2 rings (SSSR count). The first-order chi connectivity index (χ1) is 7.88. The van der Waals surface area contributed by atoms with Crippen molar-refractivity contribution in [2.24, 2.45) is 5.73 Å². The van der Waals surface area contributed by atoms with Crippen molar-refractivity contribution in [1.82, 2.24) is 4.98 Å². The van der Waals surface area contributed by atoms with Gasteiger partial charge in [-0.2, -0.15) is 0 Å². The zero-order chi connectivity index (χ0) is 11.2. The molecule has 0 aliphatic heterocycles. The Hall–Kier alpha value is -1.61. The molecule has 0 amide bonds. The summed E-state index contributed by atoms with van der Waals surface area (Å²) in [6.07, 6.45) is 4.37. The Morgan fingerprint density at radius 1 is 1.19 bits per heavy atom. The Morgan fingerprint density at radius 3 is 2.75 bits per heavy atom. The maximum absolute atomic E-state index is 5.62. The van der Waals surface area contributed by atoms with Gasteiger partial charge in [-0.15, -0.1) is 0 Å². The highest BCUT2D eigenvalue weighted by atomic mass is 16.4. The summed E-state index contributed by atoms with van der Waals surface area (Å²) in [5, 5.41) is 0. The molecule has 0 saturated heterocycles. The summed E-state index contributed by atoms with van der Waals surface area (Å²) in [5.41, 5.74) is 6.66. The molecule has 84 valence electrons. The number of benzene rings is 1. The molecule has 0 spiro atoms. The molecule has 3 nitrogen and oxygen atoms in total. The van der Waals surface area contributed by atoms with E-state index in [0.717, 1.165) is 30.9 Å². The van der Waals surface area contributed by atoms with Crippen LogP contribution in [0.15, 0.2) is 40.9 Å². The summed E-state index contributed by atoms with van der Waals surface area (Å²) in [7, 11) is 0. The predicted octanol–water partition coefficient (Wildman–Crippen LogP) is 2.16. The molecule has 0 aliphatic carbocycles. The summed E-state index contributed by atoms with van der Waals surface area (Å²) < 4.78 is 5.62. The van der Waals surface area contributed by atoms with Gasteiger partial charge in [0, 0.05) is 12.8 Å². The van der Waals surface area contributed by atoms with Crippen LogP contribution in [-0.2, 0) is 12.8 Å². The van der Waals surface area contributed by atoms with Crippen molar-refractivity contribution in [3.63, 3.8) is 0 Å². The van der Waals surface area contributed by atoms with Crippen LogP contribution in [0.5, 0.6) is 0 Å². The molecule has 0 unspecified atom stereocenters. The fourth-order valence-corrected chi connectivity index (χ4v) is 1.59. The third kappa shape index (κ3) is 2.94. The first-order valence-electron chi connectivity index (χ1n) is 5.56. The normalized spacial score (nSPS) is 10.6. The van der Waals surface area contributed by atoms with E-state index in [4.69, 9.17) is 10.2 Å². The Morgan fingerprint density at radius 2 is 2.00 bits per heavy atom. The maximum Gasteiger partial charge on any atom is 0.198 e. The predicted molar refractivity (Wildman–Crippen MR) is 63.1 cm³/mol. The number of rotatable bonds is 5. The van der Waals surface area contributed by atoms with Gasteiger partial charge in [0.2, 0.25) is 0 Å². The van der Waals surface area contributed by atoms with Crippen LogP contribution in [0.4, 0.5) is 0 Å². The number of hydrogen-bond acceptors (Lipinski definition) is 3. The van der Waals surface area contributed by atoms with Crippen LogP contribution in [0.3, 0.4) is 0 Å². The highest BCUT2D eigenvalue weighted by molar-refractivity contribution is 5.18. The van der Waals surface area contributed by atoms with Gasteiger partial charge in [-0.05, 0) is 18.5 Å². The van der Waals surface area contributed by atoms with Crippen LogP contribution in [0, 0.1) is 0 Å². The molecule has 1 aromatic carbocycles. The van der Waals surface area contributed by atoms with Gasteiger partial charge in [0.15, 0.2) is 5.89 Å². The molecule has 16 heavy (non-hydrogen) atoms. The molecule has 0 aliphatic rings. The average Bonchev–Trinajstić information content (AvgIpc) is 2.75. The van der Waals surface area contributed by atoms with Crippen molar-refractivity contribution in [1.29, 1.82) is 0 Å². The van der Waals surface area contributed by atoms with Gasteiger partial charge >= 0.3 is 0 Å². The van der Waals surface area contributed by atoms with E-state index in [9.17, 15) is 0 Å². The molecule has 2 N–H and O–H groups in total. The van der Waals surface area contributed by atoms with Crippen LogP contribution in [0.1, 0.15) is 23.6 Å². The fourth-order valence-electron chi connectivity index (χ4n) is 1.59. The van der Waals surface area contributed by atoms with E-state index in [-0.39, 0.29) is 0 Å². The second-order valence-electron chi connectivity index (χ2n) is 3.77. The van der Waals surface area contributed by atoms with Gasteiger partial charge in [0.05, 0.1) is 6.20 Å². The maximum atomic E-state index is 5.62. The minimum Gasteiger partial charge on any atom is -0.445 e. The molecular formula is C13H16N2O. The SMILES string of the molecule is NCCCc1cnc(Cc2ccccc2)o1. The summed E-state index contributed by atoms with van der Waals surface area (Å²) in [6.45, 7) is 0.689. The van der Waals surface area contributed by atoms with E-state index in [0.29, 0.717) is 6.54 Å². The first-order valence-corrected chi connectivity index (χ1v) is 5.56. The number of oxazole rings is 1. The highest BCUT2D eigenvalue weighted by Gasteiger charge is 2.04. The van der Waals surface area contributed by atoms with Crippen LogP contribution < -0.4 is 5.73 Å². The van der Waals surface area contributed by atoms with Crippen molar-refractivity contribution < 1.29 is 4.42 Å². The second-order valence-corrected chi connectivity index (χ2v) is 3.77. The smallest absolute Gasteiger partial charge is 0.198 e. The summed E-state index contributed by atoms with van der Waals surface area (Å²) in [4.78, 5) is 4.26. The third-order valence-electron chi connectivity index (χ3n) is 2.43. The zero-order valence-corrected chi connectivity index (χ0v) is 9.23. The molecule has 0 atom stereocenters. The number of nitrogens with two attached hydrogens (primary N) is 1. The molecule has 2 aromatic rings. The molecule has 0 saturated carbocycles. The van der Waals surface area contributed by atoms with E-state index in [1.807, 2.05) is 18.2 Å². The van der Waals surface area contributed by atoms with Crippen molar-refractivity contribution in [3.8, 4) is 0 Å². The van der Waals surface area contributed by atoms with Crippen molar-refractivity contribution in [3.05, 3.63) is 53.7 Å². The zero-order valence-electron chi connectivity index (χ0n) is 9.23. The Labute approximate surface area is 95.3 Å². The largest absolute Gasteiger partial charge is 0.445 e. The fraction of sp³-hybridized carbons (Fsp3) is 0.308. The Bertz CT molecular complexity index is 423. The van der Waals surface area contributed by atoms with E-state index >= 15 is 0 Å². The van der Waals surface area contributed by atoms with Crippen molar-refractivity contribution in [2.45, 2.75) is 19.3 Å². The number of aryl methyl sites for hydroxylation is 1. The Kier molecular flexibility index (Phi) is 3.72. The van der Waals surface area contributed by atoms with E-state index < -0.39 is 0 Å². The lowest BCUT2D eigenvalue weighted by Gasteiger charge is -1.96. The van der Waals surface area contributed by atoms with Crippen LogP contribution >= 0.6 is 0 Å².